The number of imidazole rings is 1. The van der Waals surface area contributed by atoms with Crippen LogP contribution >= 0.6 is 0 Å². The highest BCUT2D eigenvalue weighted by Gasteiger charge is 2.11. The number of benzene rings is 2. The topological polar surface area (TPSA) is 33.6 Å². The first-order valence-electron chi connectivity index (χ1n) is 8.00. The summed E-state index contributed by atoms with van der Waals surface area (Å²) in [6, 6.07) is 17.9. The van der Waals surface area contributed by atoms with E-state index in [1.807, 2.05) is 24.9 Å². The standard InChI is InChI=1S/C20H19N3/c1-2-20(23-12-11-21-14-23)16-5-3-15(4-6-16)17-7-8-19-18(13-17)9-10-22-19/h3-14,20,22H,2H2,1H3. The molecule has 2 aromatic carbocycles. The number of H-pyrrole nitrogens is 1. The fourth-order valence-corrected chi connectivity index (χ4v) is 3.20. The molecule has 0 bridgehead atoms. The largest absolute Gasteiger partial charge is 0.361 e. The van der Waals surface area contributed by atoms with Crippen LogP contribution in [0.3, 0.4) is 0 Å². The zero-order valence-electron chi connectivity index (χ0n) is 13.1. The van der Waals surface area contributed by atoms with E-state index in [4.69, 9.17) is 0 Å². The lowest BCUT2D eigenvalue weighted by Gasteiger charge is -2.17. The van der Waals surface area contributed by atoms with E-state index in [0.717, 1.165) is 6.42 Å². The number of rotatable bonds is 4. The van der Waals surface area contributed by atoms with Gasteiger partial charge in [0.05, 0.1) is 12.4 Å². The molecule has 3 heteroatoms. The van der Waals surface area contributed by atoms with E-state index in [2.05, 4.69) is 70.0 Å². The fraction of sp³-hybridized carbons (Fsp3) is 0.150. The molecule has 0 aliphatic carbocycles. The Bertz CT molecular complexity index is 902. The SMILES string of the molecule is CCC(c1ccc(-c2ccc3[nH]ccc3c2)cc1)n1ccnc1. The predicted octanol–water partition coefficient (Wildman–Crippen LogP) is 5.03. The summed E-state index contributed by atoms with van der Waals surface area (Å²) in [6.45, 7) is 2.21. The van der Waals surface area contributed by atoms with Crippen LogP contribution in [0.4, 0.5) is 0 Å². The predicted molar refractivity (Wildman–Crippen MR) is 94.4 cm³/mol. The minimum Gasteiger partial charge on any atom is -0.361 e. The fourth-order valence-electron chi connectivity index (χ4n) is 3.20. The average molecular weight is 301 g/mol. The second-order valence-electron chi connectivity index (χ2n) is 5.84. The second-order valence-corrected chi connectivity index (χ2v) is 5.84. The van der Waals surface area contributed by atoms with Crippen molar-refractivity contribution in [3.8, 4) is 11.1 Å². The maximum atomic E-state index is 4.17. The number of hydrogen-bond acceptors (Lipinski definition) is 1. The Hall–Kier alpha value is -2.81. The molecule has 3 nitrogen and oxygen atoms in total. The minimum atomic E-state index is 0.346. The van der Waals surface area contributed by atoms with Crippen LogP contribution in [0.1, 0.15) is 24.9 Å². The third-order valence-electron chi connectivity index (χ3n) is 4.45. The van der Waals surface area contributed by atoms with Gasteiger partial charge in [0.2, 0.25) is 0 Å². The Morgan fingerprint density at radius 2 is 1.87 bits per heavy atom. The quantitative estimate of drug-likeness (QED) is 0.563. The van der Waals surface area contributed by atoms with Crippen LogP contribution in [-0.2, 0) is 0 Å². The molecule has 1 unspecified atom stereocenters. The number of aromatic amines is 1. The normalized spacial score (nSPS) is 12.6. The van der Waals surface area contributed by atoms with E-state index < -0.39 is 0 Å². The Morgan fingerprint density at radius 3 is 2.61 bits per heavy atom. The zero-order chi connectivity index (χ0) is 15.6. The molecule has 0 fully saturated rings. The van der Waals surface area contributed by atoms with Gasteiger partial charge in [-0.2, -0.15) is 0 Å². The number of nitrogens with zero attached hydrogens (tertiary/aromatic N) is 2. The van der Waals surface area contributed by atoms with Gasteiger partial charge >= 0.3 is 0 Å². The van der Waals surface area contributed by atoms with Crippen molar-refractivity contribution in [1.29, 1.82) is 0 Å². The molecule has 0 saturated carbocycles. The molecule has 1 N–H and O–H groups in total. The van der Waals surface area contributed by atoms with Crippen LogP contribution in [0.5, 0.6) is 0 Å². The maximum Gasteiger partial charge on any atom is 0.0951 e. The minimum absolute atomic E-state index is 0.346. The van der Waals surface area contributed by atoms with Gasteiger partial charge in [-0.05, 0) is 46.7 Å². The molecule has 0 amide bonds. The van der Waals surface area contributed by atoms with Gasteiger partial charge in [0.15, 0.2) is 0 Å². The Balaban J connectivity index is 1.67. The van der Waals surface area contributed by atoms with Crippen LogP contribution < -0.4 is 0 Å². The van der Waals surface area contributed by atoms with Crippen molar-refractivity contribution in [2.24, 2.45) is 0 Å². The molecule has 0 aliphatic rings. The average Bonchev–Trinajstić information content (AvgIpc) is 3.27. The van der Waals surface area contributed by atoms with E-state index in [-0.39, 0.29) is 0 Å². The van der Waals surface area contributed by atoms with Gasteiger partial charge in [-0.3, -0.25) is 0 Å². The highest BCUT2D eigenvalue weighted by molar-refractivity contribution is 5.85. The molecule has 0 spiro atoms. The lowest BCUT2D eigenvalue weighted by atomic mass is 9.99. The number of aromatic nitrogens is 3. The van der Waals surface area contributed by atoms with Crippen molar-refractivity contribution in [2.75, 3.05) is 0 Å². The van der Waals surface area contributed by atoms with E-state index >= 15 is 0 Å². The van der Waals surface area contributed by atoms with Crippen molar-refractivity contribution in [1.82, 2.24) is 14.5 Å². The lowest BCUT2D eigenvalue weighted by Crippen LogP contribution is -2.07. The van der Waals surface area contributed by atoms with Crippen LogP contribution in [0, 0.1) is 0 Å². The summed E-state index contributed by atoms with van der Waals surface area (Å²) in [6.07, 6.45) is 8.78. The zero-order valence-corrected chi connectivity index (χ0v) is 13.1. The van der Waals surface area contributed by atoms with Gasteiger partial charge in [0, 0.05) is 24.1 Å². The van der Waals surface area contributed by atoms with Crippen molar-refractivity contribution in [3.05, 3.63) is 79.0 Å². The van der Waals surface area contributed by atoms with Crippen molar-refractivity contribution in [3.63, 3.8) is 0 Å². The molecule has 2 aromatic heterocycles. The van der Waals surface area contributed by atoms with Crippen LogP contribution in [0.15, 0.2) is 73.4 Å². The van der Waals surface area contributed by atoms with Gasteiger partial charge in [-0.15, -0.1) is 0 Å². The molecule has 114 valence electrons. The molecule has 1 atom stereocenters. The van der Waals surface area contributed by atoms with E-state index in [1.54, 1.807) is 0 Å². The van der Waals surface area contributed by atoms with Crippen molar-refractivity contribution in [2.45, 2.75) is 19.4 Å². The Labute approximate surface area is 135 Å². The Kier molecular flexibility index (Phi) is 3.46. The molecule has 0 radical (unpaired) electrons. The van der Waals surface area contributed by atoms with Crippen molar-refractivity contribution >= 4 is 10.9 Å². The third kappa shape index (κ3) is 2.55. The van der Waals surface area contributed by atoms with Crippen molar-refractivity contribution < 1.29 is 0 Å². The summed E-state index contributed by atoms with van der Waals surface area (Å²) in [5, 5.41) is 1.25. The van der Waals surface area contributed by atoms with Gasteiger partial charge < -0.3 is 9.55 Å². The first-order valence-corrected chi connectivity index (χ1v) is 8.00. The summed E-state index contributed by atoms with van der Waals surface area (Å²) in [5.41, 5.74) is 4.99. The van der Waals surface area contributed by atoms with Gasteiger partial charge in [-0.25, -0.2) is 4.98 Å². The first kappa shape index (κ1) is 13.8. The maximum absolute atomic E-state index is 4.17. The molecular weight excluding hydrogens is 282 g/mol. The van der Waals surface area contributed by atoms with Gasteiger partial charge in [0.25, 0.3) is 0 Å². The second kappa shape index (κ2) is 5.76. The van der Waals surface area contributed by atoms with Gasteiger partial charge in [-0.1, -0.05) is 37.3 Å². The third-order valence-corrected chi connectivity index (χ3v) is 4.45. The number of hydrogen-bond donors (Lipinski definition) is 1. The molecule has 23 heavy (non-hydrogen) atoms. The van der Waals surface area contributed by atoms with E-state index in [9.17, 15) is 0 Å². The van der Waals surface area contributed by atoms with E-state index in [0.29, 0.717) is 6.04 Å². The highest BCUT2D eigenvalue weighted by atomic mass is 15.0. The molecule has 0 saturated heterocycles. The van der Waals surface area contributed by atoms with Crippen LogP contribution in [-0.4, -0.2) is 14.5 Å². The summed E-state index contributed by atoms with van der Waals surface area (Å²) < 4.78 is 2.17. The molecule has 4 aromatic rings. The van der Waals surface area contributed by atoms with Crippen LogP contribution in [0.25, 0.3) is 22.0 Å². The first-order chi connectivity index (χ1) is 11.3. The summed E-state index contributed by atoms with van der Waals surface area (Å²) in [4.78, 5) is 7.40. The molecule has 0 aliphatic heterocycles. The lowest BCUT2D eigenvalue weighted by molar-refractivity contribution is 0.566. The van der Waals surface area contributed by atoms with E-state index in [1.165, 1.54) is 27.6 Å². The number of fused-ring (bicyclic) bond motifs is 1. The summed E-state index contributed by atoms with van der Waals surface area (Å²) >= 11 is 0. The molecule has 4 rings (SSSR count). The molecular formula is C20H19N3. The summed E-state index contributed by atoms with van der Waals surface area (Å²) in [5.74, 6) is 0. The molecule has 2 heterocycles. The highest BCUT2D eigenvalue weighted by Crippen LogP contribution is 2.27. The number of nitrogens with one attached hydrogen (secondary N) is 1. The summed E-state index contributed by atoms with van der Waals surface area (Å²) in [7, 11) is 0. The smallest absolute Gasteiger partial charge is 0.0951 e. The monoisotopic (exact) mass is 301 g/mol. The van der Waals surface area contributed by atoms with Crippen LogP contribution in [0.2, 0.25) is 0 Å². The Morgan fingerprint density at radius 1 is 1.04 bits per heavy atom. The van der Waals surface area contributed by atoms with Gasteiger partial charge in [0.1, 0.15) is 0 Å².